The zero-order valence-electron chi connectivity index (χ0n) is 11.0. The Morgan fingerprint density at radius 2 is 2.00 bits per heavy atom. The lowest BCUT2D eigenvalue weighted by atomic mass is 9.98. The third-order valence-corrected chi connectivity index (χ3v) is 3.40. The molecule has 0 aliphatic heterocycles. The summed E-state index contributed by atoms with van der Waals surface area (Å²) in [6, 6.07) is 5.62. The van der Waals surface area contributed by atoms with Gasteiger partial charge in [-0.2, -0.15) is 0 Å². The van der Waals surface area contributed by atoms with Crippen molar-refractivity contribution in [3.63, 3.8) is 0 Å². The Kier molecular flexibility index (Phi) is 5.04. The summed E-state index contributed by atoms with van der Waals surface area (Å²) < 4.78 is 27.6. The summed E-state index contributed by atoms with van der Waals surface area (Å²) in [7, 11) is 0. The van der Waals surface area contributed by atoms with Gasteiger partial charge in [0.15, 0.2) is 0 Å². The Labute approximate surface area is 121 Å². The minimum atomic E-state index is -0.512. The predicted octanol–water partition coefficient (Wildman–Crippen LogP) is 4.10. The lowest BCUT2D eigenvalue weighted by Gasteiger charge is -2.21. The number of benzene rings is 1. The van der Waals surface area contributed by atoms with Gasteiger partial charge >= 0.3 is 0 Å². The molecule has 1 atom stereocenters. The van der Waals surface area contributed by atoms with E-state index in [0.717, 1.165) is 12.6 Å². The smallest absolute Gasteiger partial charge is 0.146 e. The summed E-state index contributed by atoms with van der Waals surface area (Å²) in [5, 5.41) is 3.20. The maximum atomic E-state index is 13.9. The molecule has 1 aromatic heterocycles. The Morgan fingerprint density at radius 1 is 1.20 bits per heavy atom. The summed E-state index contributed by atoms with van der Waals surface area (Å²) in [4.78, 5) is 3.73. The first-order valence-corrected chi connectivity index (χ1v) is 6.79. The van der Waals surface area contributed by atoms with E-state index in [-0.39, 0.29) is 5.02 Å². The third kappa shape index (κ3) is 3.14. The van der Waals surface area contributed by atoms with Crippen molar-refractivity contribution in [2.45, 2.75) is 19.4 Å². The second-order valence-corrected chi connectivity index (χ2v) is 4.81. The zero-order chi connectivity index (χ0) is 14.5. The number of nitrogens with one attached hydrogen (secondary N) is 1. The molecular formula is C15H15ClF2N2. The average Bonchev–Trinajstić information content (AvgIpc) is 2.45. The highest BCUT2D eigenvalue weighted by molar-refractivity contribution is 6.31. The molecule has 0 aliphatic carbocycles. The molecule has 1 unspecified atom stereocenters. The molecule has 2 aromatic rings. The van der Waals surface area contributed by atoms with Crippen LogP contribution in [0.5, 0.6) is 0 Å². The van der Waals surface area contributed by atoms with E-state index >= 15 is 0 Å². The molecule has 1 aromatic carbocycles. The summed E-state index contributed by atoms with van der Waals surface area (Å²) in [6.07, 6.45) is 3.52. The summed E-state index contributed by atoms with van der Waals surface area (Å²) in [5.74, 6) is -0.955. The summed E-state index contributed by atoms with van der Waals surface area (Å²) >= 11 is 6.02. The van der Waals surface area contributed by atoms with Crippen LogP contribution in [-0.2, 0) is 0 Å². The van der Waals surface area contributed by atoms with E-state index in [0.29, 0.717) is 17.7 Å². The Balaban J connectivity index is 2.47. The van der Waals surface area contributed by atoms with Crippen LogP contribution in [0.4, 0.5) is 8.78 Å². The Hall–Kier alpha value is -1.52. The molecule has 0 radical (unpaired) electrons. The fraction of sp³-hybridized carbons (Fsp3) is 0.267. The van der Waals surface area contributed by atoms with Crippen molar-refractivity contribution < 1.29 is 8.78 Å². The van der Waals surface area contributed by atoms with E-state index in [2.05, 4.69) is 10.3 Å². The van der Waals surface area contributed by atoms with Crippen molar-refractivity contribution in [3.05, 3.63) is 64.4 Å². The number of hydrogen-bond acceptors (Lipinski definition) is 2. The molecule has 0 fully saturated rings. The first-order valence-electron chi connectivity index (χ1n) is 6.41. The van der Waals surface area contributed by atoms with Gasteiger partial charge < -0.3 is 5.32 Å². The van der Waals surface area contributed by atoms with Gasteiger partial charge in [-0.25, -0.2) is 8.78 Å². The van der Waals surface area contributed by atoms with Crippen LogP contribution in [0.2, 0.25) is 5.02 Å². The van der Waals surface area contributed by atoms with E-state index in [1.165, 1.54) is 12.3 Å². The van der Waals surface area contributed by atoms with E-state index in [9.17, 15) is 8.78 Å². The van der Waals surface area contributed by atoms with Crippen LogP contribution in [0.3, 0.4) is 0 Å². The minimum absolute atomic E-state index is 0.0114. The van der Waals surface area contributed by atoms with Crippen LogP contribution in [0.25, 0.3) is 0 Å². The van der Waals surface area contributed by atoms with Crippen LogP contribution in [0, 0.1) is 11.6 Å². The van der Waals surface area contributed by atoms with Crippen molar-refractivity contribution in [3.8, 4) is 0 Å². The fourth-order valence-corrected chi connectivity index (χ4v) is 2.27. The number of nitrogens with zero attached hydrogens (tertiary/aromatic N) is 1. The first kappa shape index (κ1) is 14.9. The third-order valence-electron chi connectivity index (χ3n) is 3.01. The molecular weight excluding hydrogens is 282 g/mol. The highest BCUT2D eigenvalue weighted by Crippen LogP contribution is 2.31. The van der Waals surface area contributed by atoms with Crippen molar-refractivity contribution in [2.24, 2.45) is 0 Å². The second-order valence-electron chi connectivity index (χ2n) is 4.43. The normalized spacial score (nSPS) is 12.4. The van der Waals surface area contributed by atoms with Gasteiger partial charge in [-0.1, -0.05) is 30.7 Å². The number of hydrogen-bond donors (Lipinski definition) is 1. The minimum Gasteiger partial charge on any atom is -0.306 e. The predicted molar refractivity (Wildman–Crippen MR) is 75.7 cm³/mol. The van der Waals surface area contributed by atoms with Gasteiger partial charge in [0, 0.05) is 11.8 Å². The molecule has 0 aliphatic rings. The van der Waals surface area contributed by atoms with E-state index in [1.54, 1.807) is 18.2 Å². The SMILES string of the molecule is CCCNC(c1ccncc1F)c1cccc(F)c1Cl. The van der Waals surface area contributed by atoms with Gasteiger partial charge in [0.2, 0.25) is 0 Å². The first-order chi connectivity index (χ1) is 9.65. The summed E-state index contributed by atoms with van der Waals surface area (Å²) in [5.41, 5.74) is 0.922. The van der Waals surface area contributed by atoms with Gasteiger partial charge in [-0.05, 0) is 30.7 Å². The molecule has 1 N–H and O–H groups in total. The van der Waals surface area contributed by atoms with Crippen LogP contribution >= 0.6 is 11.6 Å². The highest BCUT2D eigenvalue weighted by atomic mass is 35.5. The van der Waals surface area contributed by atoms with Crippen LogP contribution in [-0.4, -0.2) is 11.5 Å². The molecule has 5 heteroatoms. The standard InChI is InChI=1S/C15H15ClF2N2/c1-2-7-20-15(10-6-8-19-9-13(10)18)11-4-3-5-12(17)14(11)16/h3-6,8-9,15,20H,2,7H2,1H3. The van der Waals surface area contributed by atoms with E-state index < -0.39 is 17.7 Å². The highest BCUT2D eigenvalue weighted by Gasteiger charge is 2.21. The summed E-state index contributed by atoms with van der Waals surface area (Å²) in [6.45, 7) is 2.67. The van der Waals surface area contributed by atoms with Crippen molar-refractivity contribution in [1.29, 1.82) is 0 Å². The van der Waals surface area contributed by atoms with Crippen molar-refractivity contribution in [2.75, 3.05) is 6.54 Å². The van der Waals surface area contributed by atoms with Gasteiger partial charge in [0.1, 0.15) is 11.6 Å². The Morgan fingerprint density at radius 3 is 2.70 bits per heavy atom. The molecule has 0 spiro atoms. The lowest BCUT2D eigenvalue weighted by molar-refractivity contribution is 0.539. The molecule has 0 amide bonds. The average molecular weight is 297 g/mol. The van der Waals surface area contributed by atoms with E-state index in [4.69, 9.17) is 11.6 Å². The molecule has 1 heterocycles. The van der Waals surface area contributed by atoms with Gasteiger partial charge in [0.05, 0.1) is 17.3 Å². The topological polar surface area (TPSA) is 24.9 Å². The van der Waals surface area contributed by atoms with Crippen molar-refractivity contribution in [1.82, 2.24) is 10.3 Å². The quantitative estimate of drug-likeness (QED) is 0.898. The van der Waals surface area contributed by atoms with Gasteiger partial charge in [0.25, 0.3) is 0 Å². The lowest BCUT2D eigenvalue weighted by Crippen LogP contribution is -2.24. The number of halogens is 3. The molecule has 20 heavy (non-hydrogen) atoms. The molecule has 0 bridgehead atoms. The maximum Gasteiger partial charge on any atom is 0.146 e. The molecule has 0 saturated heterocycles. The largest absolute Gasteiger partial charge is 0.306 e. The zero-order valence-corrected chi connectivity index (χ0v) is 11.8. The Bertz CT molecular complexity index is 590. The molecule has 2 nitrogen and oxygen atoms in total. The van der Waals surface area contributed by atoms with Gasteiger partial charge in [-0.15, -0.1) is 0 Å². The van der Waals surface area contributed by atoms with Crippen LogP contribution in [0.15, 0.2) is 36.7 Å². The van der Waals surface area contributed by atoms with E-state index in [1.807, 2.05) is 6.92 Å². The number of pyridine rings is 1. The molecule has 106 valence electrons. The fourth-order valence-electron chi connectivity index (χ4n) is 2.04. The molecule has 2 rings (SSSR count). The maximum absolute atomic E-state index is 13.9. The number of aromatic nitrogens is 1. The van der Waals surface area contributed by atoms with Crippen LogP contribution < -0.4 is 5.32 Å². The van der Waals surface area contributed by atoms with Crippen LogP contribution in [0.1, 0.15) is 30.5 Å². The second kappa shape index (κ2) is 6.77. The van der Waals surface area contributed by atoms with Crippen molar-refractivity contribution >= 4 is 11.6 Å². The molecule has 0 saturated carbocycles. The van der Waals surface area contributed by atoms with Gasteiger partial charge in [-0.3, -0.25) is 4.98 Å². The number of rotatable bonds is 5. The monoisotopic (exact) mass is 296 g/mol.